The topological polar surface area (TPSA) is 91.4 Å². The number of halogens is 1. The molecule has 6 rings (SSSR count). The number of benzene rings is 1. The van der Waals surface area contributed by atoms with E-state index < -0.39 is 5.82 Å². The molecule has 1 atom stereocenters. The Labute approximate surface area is 199 Å². The first-order valence-corrected chi connectivity index (χ1v) is 11.9. The highest BCUT2D eigenvalue weighted by Gasteiger charge is 2.32. The van der Waals surface area contributed by atoms with Crippen molar-refractivity contribution in [3.63, 3.8) is 0 Å². The quantitative estimate of drug-likeness (QED) is 0.419. The highest BCUT2D eigenvalue weighted by atomic mass is 32.2. The third-order valence-electron chi connectivity index (χ3n) is 6.30. The van der Waals surface area contributed by atoms with E-state index in [0.29, 0.717) is 28.9 Å². The number of hydrogen-bond donors (Lipinski definition) is 2. The third kappa shape index (κ3) is 3.37. The summed E-state index contributed by atoms with van der Waals surface area (Å²) in [6.45, 7) is 1.72. The van der Waals surface area contributed by atoms with Crippen molar-refractivity contribution in [2.75, 3.05) is 25.1 Å². The number of rotatable bonds is 5. The van der Waals surface area contributed by atoms with Crippen molar-refractivity contribution in [2.45, 2.75) is 28.9 Å². The van der Waals surface area contributed by atoms with Gasteiger partial charge in [-0.2, -0.15) is 0 Å². The lowest BCUT2D eigenvalue weighted by Crippen LogP contribution is -2.38. The highest BCUT2D eigenvalue weighted by molar-refractivity contribution is 7.99. The van der Waals surface area contributed by atoms with E-state index in [4.69, 9.17) is 10.1 Å². The maximum absolute atomic E-state index is 14.8. The van der Waals surface area contributed by atoms with E-state index in [-0.39, 0.29) is 5.65 Å². The number of fused-ring (bicyclic) bond motifs is 6. The molecule has 1 saturated heterocycles. The van der Waals surface area contributed by atoms with Gasteiger partial charge in [0.05, 0.1) is 23.4 Å². The summed E-state index contributed by atoms with van der Waals surface area (Å²) in [5.41, 5.74) is 3.17. The molecule has 0 saturated carbocycles. The first-order chi connectivity index (χ1) is 16.7. The van der Waals surface area contributed by atoms with Gasteiger partial charge in [0.15, 0.2) is 17.2 Å². The predicted octanol–water partition coefficient (Wildman–Crippen LogP) is 4.14. The van der Waals surface area contributed by atoms with Crippen LogP contribution in [0.4, 0.5) is 10.1 Å². The molecule has 1 unspecified atom stereocenters. The molecule has 3 aromatic heterocycles. The molecular formula is C24H22FN7OS. The molecule has 0 radical (unpaired) electrons. The fourth-order valence-corrected chi connectivity index (χ4v) is 5.54. The van der Waals surface area contributed by atoms with E-state index in [0.717, 1.165) is 40.2 Å². The van der Waals surface area contributed by atoms with Gasteiger partial charge in [-0.15, -0.1) is 10.2 Å². The van der Waals surface area contributed by atoms with Gasteiger partial charge in [-0.25, -0.2) is 4.39 Å². The minimum atomic E-state index is -0.494. The second-order valence-electron chi connectivity index (χ2n) is 8.34. The van der Waals surface area contributed by atoms with Crippen molar-refractivity contribution in [3.05, 3.63) is 54.2 Å². The largest absolute Gasteiger partial charge is 0.488 e. The van der Waals surface area contributed by atoms with Crippen LogP contribution >= 0.6 is 11.8 Å². The smallest absolute Gasteiger partial charge is 0.200 e. The van der Waals surface area contributed by atoms with E-state index in [1.165, 1.54) is 30.5 Å². The van der Waals surface area contributed by atoms with Gasteiger partial charge >= 0.3 is 0 Å². The van der Waals surface area contributed by atoms with Crippen LogP contribution in [0, 0.1) is 11.2 Å². The number of allylic oxidation sites excluding steroid dienone is 1. The van der Waals surface area contributed by atoms with Gasteiger partial charge in [-0.1, -0.05) is 0 Å². The molecule has 1 aromatic carbocycles. The Morgan fingerprint density at radius 1 is 1.32 bits per heavy atom. The van der Waals surface area contributed by atoms with Gasteiger partial charge in [0, 0.05) is 53.6 Å². The first kappa shape index (κ1) is 20.9. The molecule has 8 nitrogen and oxygen atoms in total. The second kappa shape index (κ2) is 8.28. The zero-order valence-corrected chi connectivity index (χ0v) is 19.3. The third-order valence-corrected chi connectivity index (χ3v) is 7.25. The van der Waals surface area contributed by atoms with Crippen molar-refractivity contribution in [2.24, 2.45) is 0 Å². The van der Waals surface area contributed by atoms with E-state index in [1.54, 1.807) is 23.8 Å². The summed E-state index contributed by atoms with van der Waals surface area (Å²) in [4.78, 5) is 7.99. The Kier molecular flexibility index (Phi) is 5.09. The van der Waals surface area contributed by atoms with Crippen molar-refractivity contribution < 1.29 is 9.13 Å². The van der Waals surface area contributed by atoms with Crippen molar-refractivity contribution in [1.82, 2.24) is 24.9 Å². The molecule has 0 spiro atoms. The SMILES string of the molecule is CN/C=C(\C=N)c1cc(F)c2nnc(Sc3ccc4ncc5c(c4c3)OCC3CCCN53)n2c1. The number of nitrogens with zero attached hydrogens (tertiary/aromatic N) is 5. The molecular weight excluding hydrogens is 453 g/mol. The van der Waals surface area contributed by atoms with Crippen LogP contribution in [0.1, 0.15) is 18.4 Å². The molecule has 1 fully saturated rings. The van der Waals surface area contributed by atoms with Gasteiger partial charge in [0.1, 0.15) is 6.61 Å². The Balaban J connectivity index is 1.40. The minimum absolute atomic E-state index is 0.142. The number of ether oxygens (including phenoxy) is 1. The Hall–Kier alpha value is -3.66. The maximum atomic E-state index is 14.8. The molecule has 2 aliphatic rings. The molecule has 10 heteroatoms. The van der Waals surface area contributed by atoms with Crippen LogP contribution in [0.15, 0.2) is 52.9 Å². The lowest BCUT2D eigenvalue weighted by atomic mass is 10.1. The van der Waals surface area contributed by atoms with Crippen LogP contribution in [-0.4, -0.2) is 52.0 Å². The van der Waals surface area contributed by atoms with Crippen LogP contribution in [0.5, 0.6) is 5.75 Å². The fourth-order valence-electron chi connectivity index (χ4n) is 4.69. The molecule has 5 heterocycles. The van der Waals surface area contributed by atoms with E-state index in [1.807, 2.05) is 24.4 Å². The fraction of sp³-hybridized carbons (Fsp3) is 0.250. The predicted molar refractivity (Wildman–Crippen MR) is 130 cm³/mol. The second-order valence-corrected chi connectivity index (χ2v) is 9.38. The summed E-state index contributed by atoms with van der Waals surface area (Å²) in [6.07, 6.45) is 8.81. The Morgan fingerprint density at radius 2 is 2.24 bits per heavy atom. The van der Waals surface area contributed by atoms with Crippen LogP contribution in [0.2, 0.25) is 0 Å². The summed E-state index contributed by atoms with van der Waals surface area (Å²) >= 11 is 1.39. The van der Waals surface area contributed by atoms with Crippen LogP contribution in [-0.2, 0) is 0 Å². The van der Waals surface area contributed by atoms with E-state index in [2.05, 4.69) is 25.4 Å². The number of nitrogens with one attached hydrogen (secondary N) is 2. The van der Waals surface area contributed by atoms with Crippen LogP contribution in [0.25, 0.3) is 22.1 Å². The van der Waals surface area contributed by atoms with Crippen molar-refractivity contribution in [3.8, 4) is 5.75 Å². The molecule has 172 valence electrons. The highest BCUT2D eigenvalue weighted by Crippen LogP contribution is 2.43. The average Bonchev–Trinajstić information content (AvgIpc) is 3.50. The summed E-state index contributed by atoms with van der Waals surface area (Å²) in [7, 11) is 1.74. The summed E-state index contributed by atoms with van der Waals surface area (Å²) < 4.78 is 22.6. The summed E-state index contributed by atoms with van der Waals surface area (Å²) in [6, 6.07) is 7.78. The first-order valence-electron chi connectivity index (χ1n) is 11.1. The lowest BCUT2D eigenvalue weighted by Gasteiger charge is -2.33. The van der Waals surface area contributed by atoms with E-state index in [9.17, 15) is 4.39 Å². The zero-order chi connectivity index (χ0) is 23.2. The normalized spacial score (nSPS) is 17.5. The number of hydrogen-bond acceptors (Lipinski definition) is 8. The van der Waals surface area contributed by atoms with Gasteiger partial charge in [0.2, 0.25) is 5.16 Å². The van der Waals surface area contributed by atoms with Gasteiger partial charge < -0.3 is 20.4 Å². The van der Waals surface area contributed by atoms with Gasteiger partial charge in [0.25, 0.3) is 0 Å². The Morgan fingerprint density at radius 3 is 3.09 bits per heavy atom. The van der Waals surface area contributed by atoms with Gasteiger partial charge in [-0.05, 0) is 48.9 Å². The van der Waals surface area contributed by atoms with Gasteiger partial charge in [-0.3, -0.25) is 9.38 Å². The molecule has 0 amide bonds. The monoisotopic (exact) mass is 475 g/mol. The minimum Gasteiger partial charge on any atom is -0.488 e. The standard InChI is InChI=1S/C24H22FN7OS/c1-27-10-15(9-26)14-7-19(25)23-29-30-24(32(23)12-14)34-17-4-5-20-18(8-17)22-21(11-28-20)31-6-2-3-16(31)13-33-22/h4-5,7-12,16,26-27H,2-3,6,13H2,1H3/b15-10+,26-9?. The summed E-state index contributed by atoms with van der Waals surface area (Å²) in [5, 5.41) is 20.3. The Bertz CT molecular complexity index is 1470. The zero-order valence-electron chi connectivity index (χ0n) is 18.5. The molecule has 0 bridgehead atoms. The maximum Gasteiger partial charge on any atom is 0.200 e. The number of anilines is 1. The molecule has 2 aliphatic heterocycles. The summed E-state index contributed by atoms with van der Waals surface area (Å²) in [5.74, 6) is 0.379. The molecule has 0 aliphatic carbocycles. The molecule has 34 heavy (non-hydrogen) atoms. The van der Waals surface area contributed by atoms with E-state index >= 15 is 0 Å². The average molecular weight is 476 g/mol. The molecule has 2 N–H and O–H groups in total. The number of aromatic nitrogens is 4. The van der Waals surface area contributed by atoms with Crippen LogP contribution in [0.3, 0.4) is 0 Å². The van der Waals surface area contributed by atoms with Crippen molar-refractivity contribution in [1.29, 1.82) is 5.41 Å². The van der Waals surface area contributed by atoms with Crippen molar-refractivity contribution >= 4 is 45.8 Å². The lowest BCUT2D eigenvalue weighted by molar-refractivity contribution is 0.275. The molecule has 4 aromatic rings. The van der Waals surface area contributed by atoms with Crippen LogP contribution < -0.4 is 15.0 Å². The number of pyridine rings is 2.